The molecule has 5 nitrogen and oxygen atoms in total. The zero-order chi connectivity index (χ0) is 18.0. The molecule has 2 unspecified atom stereocenters. The number of carbonyl (C=O) groups is 1. The maximum Gasteiger partial charge on any atom is 0.345 e. The predicted octanol–water partition coefficient (Wildman–Crippen LogP) is 2.34. The van der Waals surface area contributed by atoms with Crippen LogP contribution < -0.4 is 9.47 Å². The van der Waals surface area contributed by atoms with Gasteiger partial charge in [-0.25, -0.2) is 13.6 Å². The van der Waals surface area contributed by atoms with Crippen molar-refractivity contribution in [1.29, 1.82) is 0 Å². The van der Waals surface area contributed by atoms with Crippen molar-refractivity contribution >= 4 is 5.97 Å². The largest absolute Gasteiger partial charge is 0.487 e. The quantitative estimate of drug-likeness (QED) is 0.869. The number of aliphatic carboxylic acids is 1. The van der Waals surface area contributed by atoms with Crippen LogP contribution in [0.3, 0.4) is 0 Å². The molecule has 0 aliphatic carbocycles. The fourth-order valence-corrected chi connectivity index (χ4v) is 2.75. The van der Waals surface area contributed by atoms with Crippen LogP contribution in [0, 0.1) is 11.6 Å². The first-order valence-corrected chi connectivity index (χ1v) is 7.70. The van der Waals surface area contributed by atoms with E-state index in [4.69, 9.17) is 19.7 Å². The molecule has 4 rings (SSSR count). The molecule has 0 saturated carbocycles. The van der Waals surface area contributed by atoms with Crippen molar-refractivity contribution in [2.24, 2.45) is 0 Å². The van der Waals surface area contributed by atoms with Gasteiger partial charge in [-0.2, -0.15) is 0 Å². The molecule has 2 atom stereocenters. The highest BCUT2D eigenvalue weighted by atomic mass is 19.1. The second-order valence-corrected chi connectivity index (χ2v) is 5.78. The van der Waals surface area contributed by atoms with Gasteiger partial charge in [-0.3, -0.25) is 0 Å². The highest BCUT2D eigenvalue weighted by molar-refractivity contribution is 5.74. The number of carboxylic acid groups (broad SMARTS) is 1. The van der Waals surface area contributed by atoms with Crippen molar-refractivity contribution in [1.82, 2.24) is 0 Å². The standard InChI is InChI=1S/C9H7FO3.C9H9FO2/c10-6-1-2-7-5(3-6)4-8(13-7)9(11)12;10-7-1-2-9-6(3-7)4-8(5-11)12-9/h1-3,8H,4H2,(H,11,12);1-3,8,11H,4-5H2. The van der Waals surface area contributed by atoms with E-state index in [-0.39, 0.29) is 30.8 Å². The first-order valence-electron chi connectivity index (χ1n) is 7.70. The SMILES string of the molecule is O=C(O)C1Cc2cc(F)ccc2O1.OCC1Cc2cc(F)ccc2O1. The first-order chi connectivity index (χ1) is 12.0. The van der Waals surface area contributed by atoms with E-state index in [9.17, 15) is 13.6 Å². The Balaban J connectivity index is 0.000000146. The van der Waals surface area contributed by atoms with Gasteiger partial charge in [-0.15, -0.1) is 0 Å². The summed E-state index contributed by atoms with van der Waals surface area (Å²) >= 11 is 0. The Labute approximate surface area is 142 Å². The Hall–Kier alpha value is -2.67. The summed E-state index contributed by atoms with van der Waals surface area (Å²) in [6, 6.07) is 8.42. The Kier molecular flexibility index (Phi) is 4.85. The van der Waals surface area contributed by atoms with Crippen LogP contribution in [0.25, 0.3) is 0 Å². The number of hydrogen-bond donors (Lipinski definition) is 2. The molecule has 0 aromatic heterocycles. The third-order valence-electron chi connectivity index (χ3n) is 3.94. The number of fused-ring (bicyclic) bond motifs is 2. The molecule has 132 valence electrons. The molecule has 2 aliphatic rings. The first kappa shape index (κ1) is 17.2. The monoisotopic (exact) mass is 350 g/mol. The van der Waals surface area contributed by atoms with Crippen LogP contribution in [-0.4, -0.2) is 35.0 Å². The van der Waals surface area contributed by atoms with Crippen LogP contribution in [0.1, 0.15) is 11.1 Å². The maximum absolute atomic E-state index is 12.7. The number of benzene rings is 2. The normalized spacial score (nSPS) is 19.8. The number of halogens is 2. The second-order valence-electron chi connectivity index (χ2n) is 5.78. The van der Waals surface area contributed by atoms with E-state index >= 15 is 0 Å². The third kappa shape index (κ3) is 3.88. The van der Waals surface area contributed by atoms with E-state index in [0.717, 1.165) is 5.56 Å². The minimum atomic E-state index is -1.02. The molecular weight excluding hydrogens is 334 g/mol. The highest BCUT2D eigenvalue weighted by Gasteiger charge is 2.28. The summed E-state index contributed by atoms with van der Waals surface area (Å²) in [5, 5.41) is 17.4. The van der Waals surface area contributed by atoms with Crippen LogP contribution in [-0.2, 0) is 17.6 Å². The molecule has 0 spiro atoms. The topological polar surface area (TPSA) is 76.0 Å². The minimum absolute atomic E-state index is 0.0176. The fraction of sp³-hybridized carbons (Fsp3) is 0.278. The number of rotatable bonds is 2. The van der Waals surface area contributed by atoms with Crippen LogP contribution in [0.2, 0.25) is 0 Å². The van der Waals surface area contributed by atoms with E-state index < -0.39 is 12.1 Å². The Morgan fingerprint density at radius 2 is 1.56 bits per heavy atom. The molecule has 7 heteroatoms. The van der Waals surface area contributed by atoms with E-state index in [0.29, 0.717) is 23.5 Å². The van der Waals surface area contributed by atoms with E-state index in [2.05, 4.69) is 0 Å². The summed E-state index contributed by atoms with van der Waals surface area (Å²) in [7, 11) is 0. The van der Waals surface area contributed by atoms with Crippen molar-refractivity contribution < 1.29 is 33.3 Å². The zero-order valence-corrected chi connectivity index (χ0v) is 13.1. The van der Waals surface area contributed by atoms with Crippen LogP contribution in [0.5, 0.6) is 11.5 Å². The lowest BCUT2D eigenvalue weighted by Gasteiger charge is -2.04. The maximum atomic E-state index is 12.7. The molecule has 2 aromatic carbocycles. The molecule has 2 aromatic rings. The predicted molar refractivity (Wildman–Crippen MR) is 83.8 cm³/mol. The van der Waals surface area contributed by atoms with Gasteiger partial charge in [-0.1, -0.05) is 0 Å². The summed E-state index contributed by atoms with van der Waals surface area (Å²) in [6.45, 7) is -0.0176. The minimum Gasteiger partial charge on any atom is -0.487 e. The molecular formula is C18H16F2O5. The van der Waals surface area contributed by atoms with Crippen molar-refractivity contribution in [3.05, 3.63) is 59.2 Å². The second kappa shape index (κ2) is 7.06. The molecule has 0 radical (unpaired) electrons. The third-order valence-corrected chi connectivity index (χ3v) is 3.94. The summed E-state index contributed by atoms with van der Waals surface area (Å²) in [4.78, 5) is 10.5. The number of carboxylic acids is 1. The molecule has 2 aliphatic heterocycles. The lowest BCUT2D eigenvalue weighted by Crippen LogP contribution is -2.24. The Morgan fingerprint density at radius 3 is 2.12 bits per heavy atom. The lowest BCUT2D eigenvalue weighted by molar-refractivity contribution is -0.144. The van der Waals surface area contributed by atoms with Crippen molar-refractivity contribution in [3.8, 4) is 11.5 Å². The average molecular weight is 350 g/mol. The number of aliphatic hydroxyl groups excluding tert-OH is 1. The van der Waals surface area contributed by atoms with Crippen LogP contribution >= 0.6 is 0 Å². The van der Waals surface area contributed by atoms with Gasteiger partial charge in [0.05, 0.1) is 6.61 Å². The molecule has 2 N–H and O–H groups in total. The average Bonchev–Trinajstić information content (AvgIpc) is 3.17. The highest BCUT2D eigenvalue weighted by Crippen LogP contribution is 2.29. The van der Waals surface area contributed by atoms with Crippen LogP contribution in [0.15, 0.2) is 36.4 Å². The van der Waals surface area contributed by atoms with Gasteiger partial charge in [0, 0.05) is 24.0 Å². The van der Waals surface area contributed by atoms with Crippen molar-refractivity contribution in [2.45, 2.75) is 25.0 Å². The fourth-order valence-electron chi connectivity index (χ4n) is 2.75. The molecule has 0 saturated heterocycles. The van der Waals surface area contributed by atoms with E-state index in [1.54, 1.807) is 6.07 Å². The van der Waals surface area contributed by atoms with Crippen molar-refractivity contribution in [3.63, 3.8) is 0 Å². The summed E-state index contributed by atoms with van der Waals surface area (Å²) in [5.41, 5.74) is 1.46. The summed E-state index contributed by atoms with van der Waals surface area (Å²) < 4.78 is 35.7. The van der Waals surface area contributed by atoms with E-state index in [1.165, 1.54) is 30.3 Å². The molecule has 0 amide bonds. The van der Waals surface area contributed by atoms with Gasteiger partial charge in [0.25, 0.3) is 0 Å². The summed E-state index contributed by atoms with van der Waals surface area (Å²) in [5.74, 6) is -0.481. The van der Waals surface area contributed by atoms with E-state index in [1.807, 2.05) is 0 Å². The number of aliphatic hydroxyl groups is 1. The molecule has 0 fully saturated rings. The molecule has 0 bridgehead atoms. The van der Waals surface area contributed by atoms with Gasteiger partial charge in [0.15, 0.2) is 6.10 Å². The van der Waals surface area contributed by atoms with Gasteiger partial charge < -0.3 is 19.7 Å². The van der Waals surface area contributed by atoms with Crippen LogP contribution in [0.4, 0.5) is 8.78 Å². The Bertz CT molecular complexity index is 793. The zero-order valence-electron chi connectivity index (χ0n) is 13.1. The molecule has 25 heavy (non-hydrogen) atoms. The van der Waals surface area contributed by atoms with Crippen molar-refractivity contribution in [2.75, 3.05) is 6.61 Å². The molecule has 2 heterocycles. The van der Waals surface area contributed by atoms with Gasteiger partial charge in [0.2, 0.25) is 0 Å². The lowest BCUT2D eigenvalue weighted by atomic mass is 10.1. The number of hydrogen-bond acceptors (Lipinski definition) is 4. The number of ether oxygens (including phenoxy) is 2. The smallest absolute Gasteiger partial charge is 0.345 e. The van der Waals surface area contributed by atoms with Gasteiger partial charge >= 0.3 is 5.97 Å². The van der Waals surface area contributed by atoms with Gasteiger partial charge in [0.1, 0.15) is 29.2 Å². The Morgan fingerprint density at radius 1 is 1.00 bits per heavy atom. The van der Waals surface area contributed by atoms with Gasteiger partial charge in [-0.05, 0) is 36.4 Å². The summed E-state index contributed by atoms with van der Waals surface area (Å²) in [6.07, 6.45) is -0.218.